The van der Waals surface area contributed by atoms with E-state index in [0.29, 0.717) is 18.8 Å². The molecule has 1 fully saturated rings. The first-order chi connectivity index (χ1) is 10.6. The van der Waals surface area contributed by atoms with Gasteiger partial charge in [-0.1, -0.05) is 30.3 Å². The van der Waals surface area contributed by atoms with E-state index in [0.717, 1.165) is 42.3 Å². The smallest absolute Gasteiger partial charge is 0.236 e. The predicted octanol–water partition coefficient (Wildman–Crippen LogP) is 2.60. The standard InChI is InChI=1S/C18H22N2O2/c1-19(13-18(22)20-10-4-5-11-20)12-16-15-7-3-2-6-14(15)8-9-17(16)21/h2-3,6-9,21H,4-5,10-13H2,1H3. The van der Waals surface area contributed by atoms with Crippen LogP contribution in [0.15, 0.2) is 36.4 Å². The third kappa shape index (κ3) is 3.07. The van der Waals surface area contributed by atoms with Crippen LogP contribution in [0.3, 0.4) is 0 Å². The fourth-order valence-corrected chi connectivity index (χ4v) is 3.11. The van der Waals surface area contributed by atoms with Crippen molar-refractivity contribution < 1.29 is 9.90 Å². The first-order valence-electron chi connectivity index (χ1n) is 7.81. The lowest BCUT2D eigenvalue weighted by Gasteiger charge is -2.22. The highest BCUT2D eigenvalue weighted by Gasteiger charge is 2.19. The van der Waals surface area contributed by atoms with Crippen LogP contribution in [0.2, 0.25) is 0 Å². The lowest BCUT2D eigenvalue weighted by molar-refractivity contribution is -0.131. The molecule has 0 aromatic heterocycles. The molecule has 1 aliphatic heterocycles. The minimum Gasteiger partial charge on any atom is -0.508 e. The number of phenols is 1. The summed E-state index contributed by atoms with van der Waals surface area (Å²) in [6, 6.07) is 11.7. The Morgan fingerprint density at radius 1 is 1.18 bits per heavy atom. The molecule has 116 valence electrons. The molecule has 1 N–H and O–H groups in total. The third-order valence-electron chi connectivity index (χ3n) is 4.31. The van der Waals surface area contributed by atoms with Crippen LogP contribution in [0.5, 0.6) is 5.75 Å². The fourth-order valence-electron chi connectivity index (χ4n) is 3.11. The molecule has 4 heteroatoms. The van der Waals surface area contributed by atoms with Gasteiger partial charge in [0.25, 0.3) is 0 Å². The molecule has 1 aliphatic rings. The summed E-state index contributed by atoms with van der Waals surface area (Å²) in [5.41, 5.74) is 0.884. The van der Waals surface area contributed by atoms with Crippen molar-refractivity contribution in [2.45, 2.75) is 19.4 Å². The van der Waals surface area contributed by atoms with Crippen LogP contribution < -0.4 is 0 Å². The molecule has 0 atom stereocenters. The van der Waals surface area contributed by atoms with Crippen LogP contribution in [0, 0.1) is 0 Å². The fraction of sp³-hybridized carbons (Fsp3) is 0.389. The van der Waals surface area contributed by atoms with Crippen molar-refractivity contribution in [1.82, 2.24) is 9.80 Å². The van der Waals surface area contributed by atoms with Crippen LogP contribution in [0.25, 0.3) is 10.8 Å². The average molecular weight is 298 g/mol. The highest BCUT2D eigenvalue weighted by Crippen LogP contribution is 2.28. The van der Waals surface area contributed by atoms with Crippen LogP contribution in [-0.2, 0) is 11.3 Å². The zero-order valence-corrected chi connectivity index (χ0v) is 13.0. The number of likely N-dealkylation sites (tertiary alicyclic amines) is 1. The maximum absolute atomic E-state index is 12.2. The first kappa shape index (κ1) is 14.9. The normalized spacial score (nSPS) is 14.9. The zero-order chi connectivity index (χ0) is 15.5. The summed E-state index contributed by atoms with van der Waals surface area (Å²) in [5.74, 6) is 0.471. The van der Waals surface area contributed by atoms with Crippen molar-refractivity contribution in [3.63, 3.8) is 0 Å². The molecule has 22 heavy (non-hydrogen) atoms. The molecule has 0 saturated carbocycles. The van der Waals surface area contributed by atoms with Crippen molar-refractivity contribution in [2.75, 3.05) is 26.7 Å². The number of carbonyl (C=O) groups excluding carboxylic acids is 1. The second kappa shape index (κ2) is 6.36. The van der Waals surface area contributed by atoms with E-state index in [1.54, 1.807) is 6.07 Å². The number of aromatic hydroxyl groups is 1. The Morgan fingerprint density at radius 3 is 2.68 bits per heavy atom. The van der Waals surface area contributed by atoms with E-state index in [-0.39, 0.29) is 5.91 Å². The number of hydrogen-bond donors (Lipinski definition) is 1. The van der Waals surface area contributed by atoms with E-state index in [9.17, 15) is 9.90 Å². The van der Waals surface area contributed by atoms with Gasteiger partial charge in [-0.15, -0.1) is 0 Å². The highest BCUT2D eigenvalue weighted by atomic mass is 16.3. The van der Waals surface area contributed by atoms with Crippen molar-refractivity contribution in [3.05, 3.63) is 42.0 Å². The van der Waals surface area contributed by atoms with Gasteiger partial charge in [0.15, 0.2) is 0 Å². The predicted molar refractivity (Wildman–Crippen MR) is 87.8 cm³/mol. The SMILES string of the molecule is CN(CC(=O)N1CCCC1)Cc1c(O)ccc2ccccc12. The van der Waals surface area contributed by atoms with Gasteiger partial charge in [0.2, 0.25) is 5.91 Å². The molecule has 0 unspecified atom stereocenters. The molecule has 1 amide bonds. The van der Waals surface area contributed by atoms with E-state index in [4.69, 9.17) is 0 Å². The summed E-state index contributed by atoms with van der Waals surface area (Å²) >= 11 is 0. The second-order valence-corrected chi connectivity index (χ2v) is 6.04. The number of fused-ring (bicyclic) bond motifs is 1. The van der Waals surface area contributed by atoms with Gasteiger partial charge in [0, 0.05) is 25.2 Å². The van der Waals surface area contributed by atoms with Gasteiger partial charge >= 0.3 is 0 Å². The topological polar surface area (TPSA) is 43.8 Å². The van der Waals surface area contributed by atoms with Gasteiger partial charge in [0.05, 0.1) is 6.54 Å². The Labute approximate surface area is 131 Å². The Balaban J connectivity index is 1.74. The van der Waals surface area contributed by atoms with Gasteiger partial charge in [0.1, 0.15) is 5.75 Å². The van der Waals surface area contributed by atoms with Crippen LogP contribution in [0.1, 0.15) is 18.4 Å². The van der Waals surface area contributed by atoms with E-state index < -0.39 is 0 Å². The maximum atomic E-state index is 12.2. The summed E-state index contributed by atoms with van der Waals surface area (Å²) in [6.45, 7) is 2.72. The van der Waals surface area contributed by atoms with Gasteiger partial charge in [-0.2, -0.15) is 0 Å². The molecule has 0 radical (unpaired) electrons. The summed E-state index contributed by atoms with van der Waals surface area (Å²) < 4.78 is 0. The van der Waals surface area contributed by atoms with Gasteiger partial charge in [-0.05, 0) is 36.7 Å². The van der Waals surface area contributed by atoms with Crippen LogP contribution >= 0.6 is 0 Å². The highest BCUT2D eigenvalue weighted by molar-refractivity contribution is 5.87. The van der Waals surface area contributed by atoms with Crippen molar-refractivity contribution >= 4 is 16.7 Å². The van der Waals surface area contributed by atoms with E-state index >= 15 is 0 Å². The lowest BCUT2D eigenvalue weighted by atomic mass is 10.0. The number of phenolic OH excluding ortho intramolecular Hbond substituents is 1. The molecule has 0 aliphatic carbocycles. The molecule has 0 spiro atoms. The van der Waals surface area contributed by atoms with Crippen molar-refractivity contribution in [3.8, 4) is 5.75 Å². The molecule has 1 heterocycles. The molecule has 1 saturated heterocycles. The minimum atomic E-state index is 0.180. The summed E-state index contributed by atoms with van der Waals surface area (Å²) in [4.78, 5) is 16.1. The van der Waals surface area contributed by atoms with Gasteiger partial charge in [-0.3, -0.25) is 9.69 Å². The third-order valence-corrected chi connectivity index (χ3v) is 4.31. The minimum absolute atomic E-state index is 0.180. The monoisotopic (exact) mass is 298 g/mol. The lowest BCUT2D eigenvalue weighted by Crippen LogP contribution is -2.37. The maximum Gasteiger partial charge on any atom is 0.236 e. The number of amides is 1. The number of nitrogens with zero attached hydrogens (tertiary/aromatic N) is 2. The first-order valence-corrected chi connectivity index (χ1v) is 7.81. The molecule has 3 rings (SSSR count). The summed E-state index contributed by atoms with van der Waals surface area (Å²) in [7, 11) is 1.93. The molecule has 2 aromatic rings. The summed E-state index contributed by atoms with van der Waals surface area (Å²) in [6.07, 6.45) is 2.22. The molecule has 4 nitrogen and oxygen atoms in total. The van der Waals surface area contributed by atoms with Crippen LogP contribution in [-0.4, -0.2) is 47.5 Å². The molecule has 0 bridgehead atoms. The number of likely N-dealkylation sites (N-methyl/N-ethyl adjacent to an activating group) is 1. The average Bonchev–Trinajstić information content (AvgIpc) is 3.04. The Bertz CT molecular complexity index is 678. The Hall–Kier alpha value is -2.07. The molecular weight excluding hydrogens is 276 g/mol. The van der Waals surface area contributed by atoms with E-state index in [1.807, 2.05) is 47.2 Å². The largest absolute Gasteiger partial charge is 0.508 e. The number of benzene rings is 2. The zero-order valence-electron chi connectivity index (χ0n) is 13.0. The number of rotatable bonds is 4. The second-order valence-electron chi connectivity index (χ2n) is 6.04. The van der Waals surface area contributed by atoms with Crippen molar-refractivity contribution in [2.24, 2.45) is 0 Å². The van der Waals surface area contributed by atoms with Crippen LogP contribution in [0.4, 0.5) is 0 Å². The quantitative estimate of drug-likeness (QED) is 0.943. The number of carbonyl (C=O) groups is 1. The van der Waals surface area contributed by atoms with Gasteiger partial charge in [-0.25, -0.2) is 0 Å². The van der Waals surface area contributed by atoms with Crippen molar-refractivity contribution in [1.29, 1.82) is 0 Å². The van der Waals surface area contributed by atoms with E-state index in [2.05, 4.69) is 0 Å². The van der Waals surface area contributed by atoms with E-state index in [1.165, 1.54) is 0 Å². The Morgan fingerprint density at radius 2 is 1.91 bits per heavy atom. The molecular formula is C18H22N2O2. The summed E-state index contributed by atoms with van der Waals surface area (Å²) in [5, 5.41) is 12.3. The molecule has 2 aromatic carbocycles. The Kier molecular flexibility index (Phi) is 4.29. The number of hydrogen-bond acceptors (Lipinski definition) is 3. The van der Waals surface area contributed by atoms with Gasteiger partial charge < -0.3 is 10.0 Å².